The predicted octanol–water partition coefficient (Wildman–Crippen LogP) is 1.88. The lowest BCUT2D eigenvalue weighted by Gasteiger charge is -2.11. The van der Waals surface area contributed by atoms with Gasteiger partial charge < -0.3 is 10.1 Å². The van der Waals surface area contributed by atoms with Gasteiger partial charge in [-0.05, 0) is 18.7 Å². The van der Waals surface area contributed by atoms with Crippen LogP contribution in [0.25, 0.3) is 0 Å². The summed E-state index contributed by atoms with van der Waals surface area (Å²) < 4.78 is 17.7. The molecule has 72 valence electrons. The molecule has 13 heavy (non-hydrogen) atoms. The van der Waals surface area contributed by atoms with Crippen LogP contribution in [0.15, 0.2) is 18.2 Å². The van der Waals surface area contributed by atoms with Crippen molar-refractivity contribution in [1.29, 1.82) is 0 Å². The Bertz CT molecular complexity index is 253. The standard InChI is InChI=1S/C10H14FNO/c1-12-7-9-8(6-11)4-3-5-10(9)13-2/h3-5,12H,6-7H2,1-2H3. The average molecular weight is 183 g/mol. The van der Waals surface area contributed by atoms with E-state index in [0.29, 0.717) is 12.1 Å². The summed E-state index contributed by atoms with van der Waals surface area (Å²) in [6, 6.07) is 5.41. The van der Waals surface area contributed by atoms with E-state index in [4.69, 9.17) is 4.74 Å². The first-order valence-electron chi connectivity index (χ1n) is 4.18. The van der Waals surface area contributed by atoms with E-state index in [-0.39, 0.29) is 0 Å². The van der Waals surface area contributed by atoms with Gasteiger partial charge in [-0.2, -0.15) is 0 Å². The summed E-state index contributed by atoms with van der Waals surface area (Å²) in [6.07, 6.45) is 0. The maximum atomic E-state index is 12.5. The first kappa shape index (κ1) is 9.99. The van der Waals surface area contributed by atoms with Crippen molar-refractivity contribution in [3.8, 4) is 5.75 Å². The van der Waals surface area contributed by atoms with E-state index in [2.05, 4.69) is 5.32 Å². The van der Waals surface area contributed by atoms with Crippen molar-refractivity contribution in [2.24, 2.45) is 0 Å². The van der Waals surface area contributed by atoms with E-state index in [9.17, 15) is 4.39 Å². The summed E-state index contributed by atoms with van der Waals surface area (Å²) in [5.74, 6) is 0.740. The van der Waals surface area contributed by atoms with Crippen molar-refractivity contribution in [2.45, 2.75) is 13.2 Å². The fraction of sp³-hybridized carbons (Fsp3) is 0.400. The van der Waals surface area contributed by atoms with Crippen molar-refractivity contribution in [3.63, 3.8) is 0 Å². The molecule has 0 unspecified atom stereocenters. The highest BCUT2D eigenvalue weighted by molar-refractivity contribution is 5.39. The van der Waals surface area contributed by atoms with Gasteiger partial charge in [0.1, 0.15) is 12.4 Å². The van der Waals surface area contributed by atoms with E-state index in [1.165, 1.54) is 0 Å². The Kier molecular flexibility index (Phi) is 3.71. The van der Waals surface area contributed by atoms with Gasteiger partial charge in [0.15, 0.2) is 0 Å². The largest absolute Gasteiger partial charge is 0.496 e. The van der Waals surface area contributed by atoms with Gasteiger partial charge in [-0.25, -0.2) is 4.39 Å². The van der Waals surface area contributed by atoms with Crippen molar-refractivity contribution in [2.75, 3.05) is 14.2 Å². The van der Waals surface area contributed by atoms with E-state index < -0.39 is 6.67 Å². The summed E-state index contributed by atoms with van der Waals surface area (Å²) in [6.45, 7) is 0.178. The van der Waals surface area contributed by atoms with Crippen molar-refractivity contribution in [1.82, 2.24) is 5.32 Å². The molecule has 0 aromatic heterocycles. The molecule has 0 saturated carbocycles. The van der Waals surface area contributed by atoms with Crippen LogP contribution < -0.4 is 10.1 Å². The van der Waals surface area contributed by atoms with Gasteiger partial charge in [0.2, 0.25) is 0 Å². The molecule has 0 aliphatic carbocycles. The molecule has 3 heteroatoms. The van der Waals surface area contributed by atoms with Crippen LogP contribution in [0.4, 0.5) is 4.39 Å². The molecule has 0 saturated heterocycles. The molecule has 0 spiro atoms. The third-order valence-electron chi connectivity index (χ3n) is 1.95. The van der Waals surface area contributed by atoms with Crippen LogP contribution in [0.1, 0.15) is 11.1 Å². The Labute approximate surface area is 77.7 Å². The number of hydrogen-bond donors (Lipinski definition) is 1. The topological polar surface area (TPSA) is 21.3 Å². The van der Waals surface area contributed by atoms with Crippen molar-refractivity contribution >= 4 is 0 Å². The summed E-state index contributed by atoms with van der Waals surface area (Å²) in [5.41, 5.74) is 1.59. The maximum absolute atomic E-state index is 12.5. The van der Waals surface area contributed by atoms with Gasteiger partial charge in [-0.1, -0.05) is 12.1 Å². The SMILES string of the molecule is CNCc1c(CF)cccc1OC. The van der Waals surface area contributed by atoms with Crippen LogP contribution in [0.5, 0.6) is 5.75 Å². The minimum Gasteiger partial charge on any atom is -0.496 e. The third kappa shape index (κ3) is 2.18. The van der Waals surface area contributed by atoms with Crippen LogP contribution in [0.3, 0.4) is 0 Å². The predicted molar refractivity (Wildman–Crippen MR) is 50.6 cm³/mol. The van der Waals surface area contributed by atoms with E-state index in [1.807, 2.05) is 13.1 Å². The first-order chi connectivity index (χ1) is 6.33. The number of nitrogens with one attached hydrogen (secondary N) is 1. The Balaban J connectivity index is 3.05. The molecular weight excluding hydrogens is 169 g/mol. The lowest BCUT2D eigenvalue weighted by Crippen LogP contribution is -2.09. The van der Waals surface area contributed by atoms with Gasteiger partial charge in [-0.15, -0.1) is 0 Å². The van der Waals surface area contributed by atoms with E-state index in [1.54, 1.807) is 19.2 Å². The second-order valence-corrected chi connectivity index (χ2v) is 2.76. The molecule has 1 aromatic rings. The molecule has 0 aliphatic heterocycles. The molecule has 1 aromatic carbocycles. The number of benzene rings is 1. The van der Waals surface area contributed by atoms with E-state index in [0.717, 1.165) is 11.3 Å². The maximum Gasteiger partial charge on any atom is 0.123 e. The normalized spacial score (nSPS) is 10.1. The lowest BCUT2D eigenvalue weighted by atomic mass is 10.1. The molecule has 0 atom stereocenters. The minimum absolute atomic E-state index is 0.450. The molecule has 0 amide bonds. The van der Waals surface area contributed by atoms with Crippen LogP contribution in [-0.4, -0.2) is 14.2 Å². The number of alkyl halides is 1. The molecule has 2 nitrogen and oxygen atoms in total. The monoisotopic (exact) mass is 183 g/mol. The van der Waals surface area contributed by atoms with Gasteiger partial charge in [0.05, 0.1) is 7.11 Å². The molecule has 0 aliphatic rings. The second-order valence-electron chi connectivity index (χ2n) is 2.76. The third-order valence-corrected chi connectivity index (χ3v) is 1.95. The van der Waals surface area contributed by atoms with Gasteiger partial charge >= 0.3 is 0 Å². The smallest absolute Gasteiger partial charge is 0.123 e. The van der Waals surface area contributed by atoms with Crippen LogP contribution in [0, 0.1) is 0 Å². The zero-order valence-corrected chi connectivity index (χ0v) is 7.93. The Morgan fingerprint density at radius 1 is 1.46 bits per heavy atom. The van der Waals surface area contributed by atoms with Crippen molar-refractivity contribution in [3.05, 3.63) is 29.3 Å². The average Bonchev–Trinajstić information content (AvgIpc) is 2.18. The lowest BCUT2D eigenvalue weighted by molar-refractivity contribution is 0.404. The molecular formula is C10H14FNO. The molecule has 1 rings (SSSR count). The Morgan fingerprint density at radius 3 is 2.77 bits per heavy atom. The zero-order chi connectivity index (χ0) is 9.68. The quantitative estimate of drug-likeness (QED) is 0.769. The van der Waals surface area contributed by atoms with Gasteiger partial charge in [-0.3, -0.25) is 0 Å². The van der Waals surface area contributed by atoms with Crippen LogP contribution in [0.2, 0.25) is 0 Å². The van der Waals surface area contributed by atoms with Gasteiger partial charge in [0.25, 0.3) is 0 Å². The number of hydrogen-bond acceptors (Lipinski definition) is 2. The number of methoxy groups -OCH3 is 1. The highest BCUT2D eigenvalue weighted by Gasteiger charge is 2.06. The molecule has 0 bridgehead atoms. The highest BCUT2D eigenvalue weighted by atomic mass is 19.1. The molecule has 1 N–H and O–H groups in total. The number of halogens is 1. The van der Waals surface area contributed by atoms with E-state index >= 15 is 0 Å². The minimum atomic E-state index is -0.450. The van der Waals surface area contributed by atoms with Crippen LogP contribution in [-0.2, 0) is 13.2 Å². The van der Waals surface area contributed by atoms with Gasteiger partial charge in [0, 0.05) is 12.1 Å². The molecule has 0 heterocycles. The zero-order valence-electron chi connectivity index (χ0n) is 7.93. The highest BCUT2D eigenvalue weighted by Crippen LogP contribution is 2.22. The Morgan fingerprint density at radius 2 is 2.23 bits per heavy atom. The fourth-order valence-corrected chi connectivity index (χ4v) is 1.30. The molecule has 0 fully saturated rings. The van der Waals surface area contributed by atoms with Crippen molar-refractivity contribution < 1.29 is 9.13 Å². The summed E-state index contributed by atoms with van der Waals surface area (Å²) in [5, 5.41) is 2.99. The number of ether oxygens (including phenoxy) is 1. The molecule has 0 radical (unpaired) electrons. The summed E-state index contributed by atoms with van der Waals surface area (Å²) in [4.78, 5) is 0. The fourth-order valence-electron chi connectivity index (χ4n) is 1.30. The summed E-state index contributed by atoms with van der Waals surface area (Å²) in [7, 11) is 3.42. The summed E-state index contributed by atoms with van der Waals surface area (Å²) >= 11 is 0. The van der Waals surface area contributed by atoms with Crippen LogP contribution >= 0.6 is 0 Å². The Hall–Kier alpha value is -1.09. The second kappa shape index (κ2) is 4.82. The number of rotatable bonds is 4. The first-order valence-corrected chi connectivity index (χ1v) is 4.18.